The van der Waals surface area contributed by atoms with Crippen molar-refractivity contribution in [1.82, 2.24) is 4.98 Å². The molecular formula is C15H15NO. The van der Waals surface area contributed by atoms with Crippen LogP contribution in [0.4, 0.5) is 0 Å². The van der Waals surface area contributed by atoms with Crippen LogP contribution in [0.25, 0.3) is 5.57 Å². The molecule has 0 radical (unpaired) electrons. The molecule has 1 atom stereocenters. The number of fused-ring (bicyclic) bond motifs is 1. The lowest BCUT2D eigenvalue weighted by Crippen LogP contribution is -2.20. The summed E-state index contributed by atoms with van der Waals surface area (Å²) in [4.78, 5) is 16.0. The van der Waals surface area contributed by atoms with Crippen molar-refractivity contribution in [3.8, 4) is 0 Å². The molecule has 2 nitrogen and oxygen atoms in total. The molecule has 1 fully saturated rings. The van der Waals surface area contributed by atoms with Crippen LogP contribution >= 0.6 is 0 Å². The number of ketones is 1. The van der Waals surface area contributed by atoms with Crippen molar-refractivity contribution >= 4 is 11.4 Å². The maximum Gasteiger partial charge on any atom is 0.159 e. The van der Waals surface area contributed by atoms with Crippen LogP contribution in [0.15, 0.2) is 42.3 Å². The molecule has 3 rings (SSSR count). The topological polar surface area (TPSA) is 30.0 Å². The van der Waals surface area contributed by atoms with E-state index in [0.29, 0.717) is 11.7 Å². The van der Waals surface area contributed by atoms with E-state index >= 15 is 0 Å². The standard InChI is InChI=1S/C15H15NO/c17-15-5-1-3-11-6-7-12(9-14(11)15)13-4-2-8-16-10-13/h2,4,7-11H,1,3,5-6H2. The van der Waals surface area contributed by atoms with Gasteiger partial charge in [0, 0.05) is 18.8 Å². The lowest BCUT2D eigenvalue weighted by Gasteiger charge is -2.27. The number of carbonyl (C=O) groups excluding carboxylic acids is 1. The summed E-state index contributed by atoms with van der Waals surface area (Å²) in [6, 6.07) is 3.98. The fourth-order valence-electron chi connectivity index (χ4n) is 2.71. The Kier molecular flexibility index (Phi) is 2.63. The normalized spacial score (nSPS) is 23.8. The number of hydrogen-bond donors (Lipinski definition) is 0. The molecule has 2 heteroatoms. The molecule has 1 heterocycles. The SMILES string of the molecule is O=C1CCCC2CC=C(c3cccnc3)C=C12. The summed E-state index contributed by atoms with van der Waals surface area (Å²) < 4.78 is 0. The third-order valence-electron chi connectivity index (χ3n) is 3.65. The van der Waals surface area contributed by atoms with Gasteiger partial charge in [-0.3, -0.25) is 9.78 Å². The molecule has 0 amide bonds. The monoisotopic (exact) mass is 225 g/mol. The van der Waals surface area contributed by atoms with Gasteiger partial charge < -0.3 is 0 Å². The first-order chi connectivity index (χ1) is 8.34. The van der Waals surface area contributed by atoms with Crippen molar-refractivity contribution in [2.24, 2.45) is 5.92 Å². The molecular weight excluding hydrogens is 210 g/mol. The molecule has 0 aliphatic heterocycles. The van der Waals surface area contributed by atoms with Crippen molar-refractivity contribution in [2.75, 3.05) is 0 Å². The molecule has 0 saturated heterocycles. The lowest BCUT2D eigenvalue weighted by molar-refractivity contribution is -0.117. The maximum atomic E-state index is 11.9. The van der Waals surface area contributed by atoms with Gasteiger partial charge in [0.25, 0.3) is 0 Å². The van der Waals surface area contributed by atoms with Gasteiger partial charge in [-0.05, 0) is 54.0 Å². The summed E-state index contributed by atoms with van der Waals surface area (Å²) in [5.41, 5.74) is 3.30. The number of carbonyl (C=O) groups is 1. The summed E-state index contributed by atoms with van der Waals surface area (Å²) >= 11 is 0. The highest BCUT2D eigenvalue weighted by Gasteiger charge is 2.27. The summed E-state index contributed by atoms with van der Waals surface area (Å²) in [6.07, 6.45) is 11.9. The molecule has 86 valence electrons. The van der Waals surface area contributed by atoms with Gasteiger partial charge in [-0.2, -0.15) is 0 Å². The van der Waals surface area contributed by atoms with E-state index in [4.69, 9.17) is 0 Å². The van der Waals surface area contributed by atoms with Gasteiger partial charge in [-0.25, -0.2) is 0 Å². The average molecular weight is 225 g/mol. The number of hydrogen-bond acceptors (Lipinski definition) is 2. The molecule has 2 aliphatic carbocycles. The fraction of sp³-hybridized carbons (Fsp3) is 0.333. The van der Waals surface area contributed by atoms with Crippen molar-refractivity contribution in [3.05, 3.63) is 47.8 Å². The predicted octanol–water partition coefficient (Wildman–Crippen LogP) is 3.16. The zero-order chi connectivity index (χ0) is 11.7. The van der Waals surface area contributed by atoms with Gasteiger partial charge in [0.15, 0.2) is 5.78 Å². The third-order valence-corrected chi connectivity index (χ3v) is 3.65. The smallest absolute Gasteiger partial charge is 0.159 e. The first-order valence-electron chi connectivity index (χ1n) is 6.20. The van der Waals surface area contributed by atoms with E-state index in [1.807, 2.05) is 18.3 Å². The van der Waals surface area contributed by atoms with Crippen LogP contribution in [0, 0.1) is 5.92 Å². The second kappa shape index (κ2) is 4.28. The molecule has 0 aromatic carbocycles. The second-order valence-corrected chi connectivity index (χ2v) is 4.75. The first-order valence-corrected chi connectivity index (χ1v) is 6.20. The summed E-state index contributed by atoms with van der Waals surface area (Å²) in [5.74, 6) is 0.812. The number of rotatable bonds is 1. The minimum absolute atomic E-state index is 0.343. The Labute approximate surface area is 101 Å². The summed E-state index contributed by atoms with van der Waals surface area (Å²) in [5, 5.41) is 0. The van der Waals surface area contributed by atoms with Crippen LogP contribution < -0.4 is 0 Å². The Morgan fingerprint density at radius 2 is 2.29 bits per heavy atom. The summed E-state index contributed by atoms with van der Waals surface area (Å²) in [7, 11) is 0. The van der Waals surface area contributed by atoms with E-state index in [-0.39, 0.29) is 0 Å². The molecule has 2 aliphatic rings. The van der Waals surface area contributed by atoms with Gasteiger partial charge >= 0.3 is 0 Å². The van der Waals surface area contributed by atoms with Gasteiger partial charge in [-0.15, -0.1) is 0 Å². The van der Waals surface area contributed by atoms with Crippen molar-refractivity contribution in [3.63, 3.8) is 0 Å². The van der Waals surface area contributed by atoms with E-state index in [1.165, 1.54) is 0 Å². The van der Waals surface area contributed by atoms with Crippen LogP contribution in [-0.2, 0) is 4.79 Å². The van der Waals surface area contributed by atoms with E-state index in [9.17, 15) is 4.79 Å². The number of Topliss-reactive ketones (excluding diaryl/α,β-unsaturated/α-hetero) is 1. The van der Waals surface area contributed by atoms with Crippen LogP contribution in [0.2, 0.25) is 0 Å². The van der Waals surface area contributed by atoms with Crippen molar-refractivity contribution < 1.29 is 4.79 Å². The highest BCUT2D eigenvalue weighted by atomic mass is 16.1. The zero-order valence-electron chi connectivity index (χ0n) is 9.73. The van der Waals surface area contributed by atoms with Crippen LogP contribution in [0.3, 0.4) is 0 Å². The van der Waals surface area contributed by atoms with Crippen LogP contribution in [0.5, 0.6) is 0 Å². The van der Waals surface area contributed by atoms with Gasteiger partial charge in [0.2, 0.25) is 0 Å². The highest BCUT2D eigenvalue weighted by molar-refractivity contribution is 6.00. The van der Waals surface area contributed by atoms with E-state index in [1.54, 1.807) is 6.20 Å². The van der Waals surface area contributed by atoms with Gasteiger partial charge in [0.05, 0.1) is 0 Å². The Balaban J connectivity index is 1.95. The molecule has 0 spiro atoms. The van der Waals surface area contributed by atoms with Crippen LogP contribution in [-0.4, -0.2) is 10.8 Å². The predicted molar refractivity (Wildman–Crippen MR) is 67.3 cm³/mol. The average Bonchev–Trinajstić information content (AvgIpc) is 2.40. The van der Waals surface area contributed by atoms with Gasteiger partial charge in [-0.1, -0.05) is 12.1 Å². The third kappa shape index (κ3) is 1.95. The van der Waals surface area contributed by atoms with E-state index in [0.717, 1.165) is 42.4 Å². The first kappa shape index (κ1) is 10.5. The molecule has 1 saturated carbocycles. The molecule has 17 heavy (non-hydrogen) atoms. The largest absolute Gasteiger partial charge is 0.295 e. The zero-order valence-corrected chi connectivity index (χ0v) is 9.73. The van der Waals surface area contributed by atoms with Crippen LogP contribution in [0.1, 0.15) is 31.2 Å². The molecule has 0 N–H and O–H groups in total. The minimum Gasteiger partial charge on any atom is -0.295 e. The minimum atomic E-state index is 0.343. The molecule has 1 unspecified atom stereocenters. The molecule has 1 aromatic rings. The second-order valence-electron chi connectivity index (χ2n) is 4.75. The number of nitrogens with zero attached hydrogens (tertiary/aromatic N) is 1. The van der Waals surface area contributed by atoms with Crippen molar-refractivity contribution in [1.29, 1.82) is 0 Å². The lowest BCUT2D eigenvalue weighted by atomic mass is 9.77. The quantitative estimate of drug-likeness (QED) is 0.734. The Morgan fingerprint density at radius 3 is 3.12 bits per heavy atom. The Morgan fingerprint density at radius 1 is 1.35 bits per heavy atom. The van der Waals surface area contributed by atoms with Crippen molar-refractivity contribution in [2.45, 2.75) is 25.7 Å². The molecule has 0 bridgehead atoms. The fourth-order valence-corrected chi connectivity index (χ4v) is 2.71. The maximum absolute atomic E-state index is 11.9. The number of pyridine rings is 1. The number of aromatic nitrogens is 1. The van der Waals surface area contributed by atoms with E-state index < -0.39 is 0 Å². The number of allylic oxidation sites excluding steroid dienone is 4. The highest BCUT2D eigenvalue weighted by Crippen LogP contribution is 2.36. The summed E-state index contributed by atoms with van der Waals surface area (Å²) in [6.45, 7) is 0. The molecule has 1 aromatic heterocycles. The van der Waals surface area contributed by atoms with Gasteiger partial charge in [0.1, 0.15) is 0 Å². The van der Waals surface area contributed by atoms with E-state index in [2.05, 4.69) is 17.1 Å². The Hall–Kier alpha value is -1.70. The Bertz CT molecular complexity index is 499.